The van der Waals surface area contributed by atoms with Gasteiger partial charge in [-0.1, -0.05) is 0 Å². The Kier molecular flexibility index (Phi) is 6.05. The minimum atomic E-state index is -3.76. The molecule has 2 aliphatic rings. The molecule has 9 nitrogen and oxygen atoms in total. The zero-order chi connectivity index (χ0) is 21.3. The lowest BCUT2D eigenvalue weighted by Gasteiger charge is -2.28. The van der Waals surface area contributed by atoms with Gasteiger partial charge in [0.05, 0.1) is 43.3 Å². The number of fused-ring (bicyclic) bond motifs is 1. The summed E-state index contributed by atoms with van der Waals surface area (Å²) in [5, 5.41) is 2.35. The average molecular weight is 432 g/mol. The highest BCUT2D eigenvalue weighted by Crippen LogP contribution is 2.26. The predicted octanol–water partition coefficient (Wildman–Crippen LogP) is 0.300. The van der Waals surface area contributed by atoms with Gasteiger partial charge < -0.3 is 19.9 Å². The van der Waals surface area contributed by atoms with Crippen molar-refractivity contribution in [2.45, 2.75) is 12.1 Å². The number of likely N-dealkylation sites (tertiary alicyclic amines) is 1. The van der Waals surface area contributed by atoms with Crippen molar-refractivity contribution in [1.29, 1.82) is 0 Å². The Morgan fingerprint density at radius 1 is 1.28 bits per heavy atom. The van der Waals surface area contributed by atoms with Crippen molar-refractivity contribution in [3.05, 3.63) is 29.8 Å². The standard InChI is InChI=1S/C17H22F2N4O5S/c1-21(2)16(24)10-23-14-8-22(9-15(14)28-5-6-29(23,26)27)17(25)20-13-4-3-11(18)7-12(13)19/h3-4,7,14-15H,5-6,8-10H2,1-2H3,(H,20,25)/t14-,15+/m1/s1. The second-order valence-electron chi connectivity index (χ2n) is 7.09. The van der Waals surface area contributed by atoms with E-state index in [4.69, 9.17) is 4.74 Å². The third-order valence-electron chi connectivity index (χ3n) is 4.89. The highest BCUT2D eigenvalue weighted by molar-refractivity contribution is 7.89. The van der Waals surface area contributed by atoms with Crippen LogP contribution in [-0.2, 0) is 19.6 Å². The highest BCUT2D eigenvalue weighted by Gasteiger charge is 2.46. The molecule has 0 aromatic heterocycles. The summed E-state index contributed by atoms with van der Waals surface area (Å²) in [7, 11) is -0.721. The van der Waals surface area contributed by atoms with E-state index in [1.54, 1.807) is 0 Å². The van der Waals surface area contributed by atoms with Crippen LogP contribution in [0.4, 0.5) is 19.3 Å². The molecule has 2 saturated heterocycles. The molecule has 2 heterocycles. The fourth-order valence-electron chi connectivity index (χ4n) is 3.27. The first-order chi connectivity index (χ1) is 13.6. The summed E-state index contributed by atoms with van der Waals surface area (Å²) < 4.78 is 58.8. The summed E-state index contributed by atoms with van der Waals surface area (Å²) >= 11 is 0. The molecule has 2 fully saturated rings. The van der Waals surface area contributed by atoms with E-state index >= 15 is 0 Å². The van der Waals surface area contributed by atoms with Crippen LogP contribution in [0.1, 0.15) is 0 Å². The fourth-order valence-corrected chi connectivity index (χ4v) is 4.73. The minimum Gasteiger partial charge on any atom is -0.374 e. The first kappa shape index (κ1) is 21.4. The second-order valence-corrected chi connectivity index (χ2v) is 9.13. The number of carbonyl (C=O) groups excluding carboxylic acids is 2. The maximum absolute atomic E-state index is 13.8. The lowest BCUT2D eigenvalue weighted by Crippen LogP contribution is -2.50. The van der Waals surface area contributed by atoms with Gasteiger partial charge in [-0.3, -0.25) is 4.79 Å². The summed E-state index contributed by atoms with van der Waals surface area (Å²) in [6.45, 7) is -0.374. The van der Waals surface area contributed by atoms with Crippen LogP contribution in [0, 0.1) is 11.6 Å². The van der Waals surface area contributed by atoms with Gasteiger partial charge in [0.25, 0.3) is 0 Å². The molecule has 2 atom stereocenters. The fraction of sp³-hybridized carbons (Fsp3) is 0.529. The lowest BCUT2D eigenvalue weighted by atomic mass is 10.2. The number of carbonyl (C=O) groups is 2. The number of benzene rings is 1. The summed E-state index contributed by atoms with van der Waals surface area (Å²) in [5.41, 5.74) is -0.198. The molecule has 3 rings (SSSR count). The Labute approximate surface area is 167 Å². The molecule has 12 heteroatoms. The monoisotopic (exact) mass is 432 g/mol. The molecule has 29 heavy (non-hydrogen) atoms. The number of nitrogens with zero attached hydrogens (tertiary/aromatic N) is 3. The lowest BCUT2D eigenvalue weighted by molar-refractivity contribution is -0.129. The zero-order valence-corrected chi connectivity index (χ0v) is 16.8. The van der Waals surface area contributed by atoms with E-state index in [1.165, 1.54) is 23.9 Å². The predicted molar refractivity (Wildman–Crippen MR) is 99.7 cm³/mol. The van der Waals surface area contributed by atoms with Crippen molar-refractivity contribution in [2.24, 2.45) is 0 Å². The number of anilines is 1. The molecule has 1 aromatic carbocycles. The topological polar surface area (TPSA) is 99.3 Å². The summed E-state index contributed by atoms with van der Waals surface area (Å²) in [6.07, 6.45) is -0.619. The smallest absolute Gasteiger partial charge is 0.322 e. The number of rotatable bonds is 3. The normalized spacial score (nSPS) is 23.9. The third kappa shape index (κ3) is 4.65. The number of likely N-dealkylation sites (N-methyl/N-ethyl adjacent to an activating group) is 1. The third-order valence-corrected chi connectivity index (χ3v) is 6.68. The second kappa shape index (κ2) is 8.20. The van der Waals surface area contributed by atoms with Crippen LogP contribution in [0.25, 0.3) is 0 Å². The number of sulfonamides is 1. The molecule has 1 aromatic rings. The van der Waals surface area contributed by atoms with Gasteiger partial charge >= 0.3 is 6.03 Å². The van der Waals surface area contributed by atoms with Crippen LogP contribution in [0.5, 0.6) is 0 Å². The zero-order valence-electron chi connectivity index (χ0n) is 16.0. The molecular formula is C17H22F2N4O5S. The Hall–Kier alpha value is -2.31. The van der Waals surface area contributed by atoms with Crippen LogP contribution in [0.15, 0.2) is 18.2 Å². The first-order valence-corrected chi connectivity index (χ1v) is 10.5. The van der Waals surface area contributed by atoms with E-state index in [0.29, 0.717) is 6.07 Å². The maximum atomic E-state index is 13.8. The van der Waals surface area contributed by atoms with Crippen molar-refractivity contribution in [1.82, 2.24) is 14.1 Å². The van der Waals surface area contributed by atoms with E-state index in [2.05, 4.69) is 5.32 Å². The summed E-state index contributed by atoms with van der Waals surface area (Å²) in [5.74, 6) is -2.36. The number of hydrogen-bond acceptors (Lipinski definition) is 5. The number of amides is 3. The van der Waals surface area contributed by atoms with Crippen molar-refractivity contribution in [2.75, 3.05) is 51.4 Å². The van der Waals surface area contributed by atoms with E-state index < -0.39 is 45.7 Å². The van der Waals surface area contributed by atoms with Gasteiger partial charge in [0.15, 0.2) is 0 Å². The van der Waals surface area contributed by atoms with Crippen molar-refractivity contribution < 1.29 is 31.5 Å². The Morgan fingerprint density at radius 3 is 2.66 bits per heavy atom. The van der Waals surface area contributed by atoms with Crippen molar-refractivity contribution in [3.63, 3.8) is 0 Å². The number of nitrogens with one attached hydrogen (secondary N) is 1. The molecular weight excluding hydrogens is 410 g/mol. The quantitative estimate of drug-likeness (QED) is 0.741. The van der Waals surface area contributed by atoms with Crippen LogP contribution in [-0.4, -0.2) is 92.7 Å². The van der Waals surface area contributed by atoms with E-state index in [9.17, 15) is 26.8 Å². The van der Waals surface area contributed by atoms with Gasteiger partial charge in [0.1, 0.15) is 11.6 Å². The number of ether oxygens (including phenoxy) is 1. The van der Waals surface area contributed by atoms with E-state index in [-0.39, 0.29) is 37.7 Å². The van der Waals surface area contributed by atoms with Gasteiger partial charge in [-0.05, 0) is 12.1 Å². The molecule has 2 aliphatic heterocycles. The van der Waals surface area contributed by atoms with Crippen LogP contribution in [0.2, 0.25) is 0 Å². The molecule has 0 bridgehead atoms. The highest BCUT2D eigenvalue weighted by atomic mass is 32.2. The molecule has 1 N–H and O–H groups in total. The molecule has 0 aliphatic carbocycles. The van der Waals surface area contributed by atoms with Gasteiger partial charge in [0, 0.05) is 26.7 Å². The average Bonchev–Trinajstić information content (AvgIpc) is 3.00. The van der Waals surface area contributed by atoms with Gasteiger partial charge in [-0.25, -0.2) is 22.0 Å². The Bertz CT molecular complexity index is 911. The van der Waals surface area contributed by atoms with Gasteiger partial charge in [-0.15, -0.1) is 0 Å². The van der Waals surface area contributed by atoms with Gasteiger partial charge in [-0.2, -0.15) is 4.31 Å². The molecule has 160 valence electrons. The summed E-state index contributed by atoms with van der Waals surface area (Å²) in [6, 6.07) is 1.34. The Morgan fingerprint density at radius 2 is 2.00 bits per heavy atom. The number of hydrogen-bond donors (Lipinski definition) is 1. The SMILES string of the molecule is CN(C)C(=O)CN1[C@@H]2CN(C(=O)Nc3ccc(F)cc3F)C[C@@H]2OCCS1(=O)=O. The molecule has 0 unspecified atom stereocenters. The van der Waals surface area contributed by atoms with E-state index in [1.807, 2.05) is 0 Å². The largest absolute Gasteiger partial charge is 0.374 e. The van der Waals surface area contributed by atoms with Crippen molar-refractivity contribution >= 4 is 27.6 Å². The minimum absolute atomic E-state index is 0.0285. The van der Waals surface area contributed by atoms with Crippen LogP contribution < -0.4 is 5.32 Å². The molecule has 0 radical (unpaired) electrons. The van der Waals surface area contributed by atoms with Crippen LogP contribution >= 0.6 is 0 Å². The van der Waals surface area contributed by atoms with Crippen LogP contribution in [0.3, 0.4) is 0 Å². The molecule has 3 amide bonds. The summed E-state index contributed by atoms with van der Waals surface area (Å²) in [4.78, 5) is 27.2. The first-order valence-electron chi connectivity index (χ1n) is 8.91. The maximum Gasteiger partial charge on any atom is 0.322 e. The van der Waals surface area contributed by atoms with Crippen molar-refractivity contribution in [3.8, 4) is 0 Å². The molecule has 0 spiro atoms. The molecule has 0 saturated carbocycles. The van der Waals surface area contributed by atoms with E-state index in [0.717, 1.165) is 16.4 Å². The number of urea groups is 1. The number of halogens is 2. The van der Waals surface area contributed by atoms with Gasteiger partial charge in [0.2, 0.25) is 15.9 Å². The Balaban J connectivity index is 1.77.